The minimum Gasteiger partial charge on any atom is -0.317 e. The molecular weight excluding hydrogens is 330 g/mol. The number of anilines is 1. The van der Waals surface area contributed by atoms with Crippen LogP contribution in [0, 0.1) is 6.92 Å². The van der Waals surface area contributed by atoms with Crippen LogP contribution in [0.5, 0.6) is 0 Å². The molecule has 0 aliphatic carbocycles. The summed E-state index contributed by atoms with van der Waals surface area (Å²) in [6.07, 6.45) is 3.08. The maximum absolute atomic E-state index is 11.8. The average molecular weight is 350 g/mol. The molecule has 19 heavy (non-hydrogen) atoms. The highest BCUT2D eigenvalue weighted by Crippen LogP contribution is 2.18. The lowest BCUT2D eigenvalue weighted by Gasteiger charge is -2.08. The first-order chi connectivity index (χ1) is 8.94. The van der Waals surface area contributed by atoms with E-state index in [9.17, 15) is 8.42 Å². The summed E-state index contributed by atoms with van der Waals surface area (Å²) in [7, 11) is -3.31. The molecule has 108 valence electrons. The molecule has 0 aromatic carbocycles. The third kappa shape index (κ3) is 6.35. The Balaban J connectivity index is 2.47. The van der Waals surface area contributed by atoms with Gasteiger partial charge < -0.3 is 5.32 Å². The van der Waals surface area contributed by atoms with Crippen LogP contribution in [0.1, 0.15) is 25.3 Å². The normalized spacial score (nSPS) is 11.5. The molecule has 0 spiro atoms. The van der Waals surface area contributed by atoms with Gasteiger partial charge in [-0.15, -0.1) is 0 Å². The summed E-state index contributed by atoms with van der Waals surface area (Å²) < 4.78 is 27.1. The van der Waals surface area contributed by atoms with Gasteiger partial charge in [0.2, 0.25) is 10.0 Å². The highest BCUT2D eigenvalue weighted by molar-refractivity contribution is 9.10. The number of hydrogen-bond acceptors (Lipinski definition) is 4. The lowest BCUT2D eigenvalue weighted by molar-refractivity contribution is 0.593. The number of aromatic nitrogens is 1. The Bertz CT molecular complexity index is 506. The second kappa shape index (κ2) is 7.81. The molecule has 0 saturated carbocycles. The standard InChI is InChI=1S/C12H20BrN3O2S/c1-3-14-6-4-5-7-19(17,18)16-12-8-10(2)11(13)9-15-12/h8-9,14H,3-7H2,1-2H3,(H,15,16). The van der Waals surface area contributed by atoms with Gasteiger partial charge in [0.15, 0.2) is 0 Å². The zero-order valence-corrected chi connectivity index (χ0v) is 13.6. The molecule has 0 radical (unpaired) electrons. The van der Waals surface area contributed by atoms with Crippen molar-refractivity contribution in [2.75, 3.05) is 23.6 Å². The number of aryl methyl sites for hydroxylation is 1. The van der Waals surface area contributed by atoms with Crippen LogP contribution in [0.25, 0.3) is 0 Å². The number of pyridine rings is 1. The lowest BCUT2D eigenvalue weighted by Crippen LogP contribution is -2.19. The average Bonchev–Trinajstić information content (AvgIpc) is 2.33. The molecule has 0 aliphatic heterocycles. The summed E-state index contributed by atoms with van der Waals surface area (Å²) in [5, 5.41) is 3.17. The van der Waals surface area contributed by atoms with Crippen molar-refractivity contribution in [1.82, 2.24) is 10.3 Å². The molecule has 0 aliphatic rings. The van der Waals surface area contributed by atoms with Crippen molar-refractivity contribution in [2.24, 2.45) is 0 Å². The number of nitrogens with zero attached hydrogens (tertiary/aromatic N) is 1. The highest BCUT2D eigenvalue weighted by Gasteiger charge is 2.11. The van der Waals surface area contributed by atoms with Crippen LogP contribution < -0.4 is 10.0 Å². The Morgan fingerprint density at radius 3 is 2.74 bits per heavy atom. The van der Waals surface area contributed by atoms with Crippen molar-refractivity contribution in [1.29, 1.82) is 0 Å². The van der Waals surface area contributed by atoms with Gasteiger partial charge in [0.1, 0.15) is 5.82 Å². The van der Waals surface area contributed by atoms with E-state index in [1.807, 2.05) is 13.8 Å². The lowest BCUT2D eigenvalue weighted by atomic mass is 10.3. The van der Waals surface area contributed by atoms with Crippen LogP contribution in [0.4, 0.5) is 5.82 Å². The van der Waals surface area contributed by atoms with Gasteiger partial charge in [-0.3, -0.25) is 4.72 Å². The summed E-state index contributed by atoms with van der Waals surface area (Å²) in [5.41, 5.74) is 0.944. The number of hydrogen-bond donors (Lipinski definition) is 2. The monoisotopic (exact) mass is 349 g/mol. The smallest absolute Gasteiger partial charge is 0.233 e. The Hall–Kier alpha value is -0.660. The Morgan fingerprint density at radius 2 is 2.11 bits per heavy atom. The first-order valence-electron chi connectivity index (χ1n) is 6.28. The van der Waals surface area contributed by atoms with Crippen molar-refractivity contribution in [3.63, 3.8) is 0 Å². The second-order valence-corrected chi connectivity index (χ2v) is 7.00. The van der Waals surface area contributed by atoms with Gasteiger partial charge in [-0.05, 0) is 60.4 Å². The fraction of sp³-hybridized carbons (Fsp3) is 0.583. The van der Waals surface area contributed by atoms with Gasteiger partial charge in [0.05, 0.1) is 5.75 Å². The fourth-order valence-electron chi connectivity index (χ4n) is 1.52. The van der Waals surface area contributed by atoms with Crippen molar-refractivity contribution in [3.05, 3.63) is 22.3 Å². The predicted octanol–water partition coefficient (Wildman–Crippen LogP) is 2.28. The molecule has 0 saturated heterocycles. The summed E-state index contributed by atoms with van der Waals surface area (Å²) in [6, 6.07) is 1.71. The van der Waals surface area contributed by atoms with E-state index in [1.54, 1.807) is 12.3 Å². The predicted molar refractivity (Wildman–Crippen MR) is 81.9 cm³/mol. The summed E-state index contributed by atoms with van der Waals surface area (Å²) in [4.78, 5) is 4.03. The van der Waals surface area contributed by atoms with Gasteiger partial charge in [-0.1, -0.05) is 6.92 Å². The van der Waals surface area contributed by atoms with Crippen LogP contribution in [0.3, 0.4) is 0 Å². The molecule has 0 amide bonds. The molecule has 5 nitrogen and oxygen atoms in total. The molecule has 0 unspecified atom stereocenters. The molecule has 0 fully saturated rings. The maximum atomic E-state index is 11.8. The summed E-state index contributed by atoms with van der Waals surface area (Å²) in [5.74, 6) is 0.488. The van der Waals surface area contributed by atoms with Crippen LogP contribution in [-0.4, -0.2) is 32.2 Å². The number of unbranched alkanes of at least 4 members (excludes halogenated alkanes) is 1. The molecule has 1 heterocycles. The van der Waals surface area contributed by atoms with Crippen LogP contribution in [0.2, 0.25) is 0 Å². The largest absolute Gasteiger partial charge is 0.317 e. The molecule has 1 aromatic rings. The molecule has 2 N–H and O–H groups in total. The fourth-order valence-corrected chi connectivity index (χ4v) is 2.86. The van der Waals surface area contributed by atoms with Crippen LogP contribution in [-0.2, 0) is 10.0 Å². The maximum Gasteiger partial charge on any atom is 0.233 e. The van der Waals surface area contributed by atoms with E-state index in [2.05, 4.69) is 31.0 Å². The van der Waals surface area contributed by atoms with Gasteiger partial charge in [-0.25, -0.2) is 13.4 Å². The highest BCUT2D eigenvalue weighted by atomic mass is 79.9. The molecule has 1 aromatic heterocycles. The van der Waals surface area contributed by atoms with Gasteiger partial charge >= 0.3 is 0 Å². The Morgan fingerprint density at radius 1 is 1.37 bits per heavy atom. The van der Waals surface area contributed by atoms with Crippen molar-refractivity contribution < 1.29 is 8.42 Å². The second-order valence-electron chi connectivity index (χ2n) is 4.30. The quantitative estimate of drug-likeness (QED) is 0.706. The van der Waals surface area contributed by atoms with Crippen LogP contribution >= 0.6 is 15.9 Å². The molecule has 1 rings (SSSR count). The van der Waals surface area contributed by atoms with E-state index in [1.165, 1.54) is 0 Å². The van der Waals surface area contributed by atoms with E-state index in [4.69, 9.17) is 0 Å². The Kier molecular flexibility index (Phi) is 6.74. The summed E-state index contributed by atoms with van der Waals surface area (Å²) in [6.45, 7) is 5.68. The van der Waals surface area contributed by atoms with Gasteiger partial charge in [-0.2, -0.15) is 0 Å². The SMILES string of the molecule is CCNCCCCS(=O)(=O)Nc1cc(C)c(Br)cn1. The molecule has 0 bridgehead atoms. The van der Waals surface area contributed by atoms with E-state index in [0.29, 0.717) is 12.2 Å². The topological polar surface area (TPSA) is 71.1 Å². The number of nitrogens with one attached hydrogen (secondary N) is 2. The van der Waals surface area contributed by atoms with E-state index >= 15 is 0 Å². The third-order valence-electron chi connectivity index (χ3n) is 2.57. The van der Waals surface area contributed by atoms with Crippen molar-refractivity contribution in [2.45, 2.75) is 26.7 Å². The van der Waals surface area contributed by atoms with E-state index in [-0.39, 0.29) is 5.75 Å². The first kappa shape index (κ1) is 16.4. The van der Waals surface area contributed by atoms with Crippen LogP contribution in [0.15, 0.2) is 16.7 Å². The van der Waals surface area contributed by atoms with E-state index < -0.39 is 10.0 Å². The zero-order chi connectivity index (χ0) is 14.3. The molecule has 0 atom stereocenters. The minimum atomic E-state index is -3.31. The minimum absolute atomic E-state index is 0.120. The summed E-state index contributed by atoms with van der Waals surface area (Å²) >= 11 is 3.33. The number of sulfonamides is 1. The van der Waals surface area contributed by atoms with Crippen molar-refractivity contribution >= 4 is 31.8 Å². The molecular formula is C12H20BrN3O2S. The zero-order valence-electron chi connectivity index (χ0n) is 11.2. The van der Waals surface area contributed by atoms with Gasteiger partial charge in [0.25, 0.3) is 0 Å². The first-order valence-corrected chi connectivity index (χ1v) is 8.72. The van der Waals surface area contributed by atoms with E-state index in [0.717, 1.165) is 29.5 Å². The third-order valence-corrected chi connectivity index (χ3v) is 4.75. The van der Waals surface area contributed by atoms with Crippen molar-refractivity contribution in [3.8, 4) is 0 Å². The number of rotatable bonds is 8. The molecule has 7 heteroatoms. The van der Waals surface area contributed by atoms with Gasteiger partial charge in [0, 0.05) is 10.7 Å². The Labute approximate surface area is 123 Å². The number of halogens is 1.